The summed E-state index contributed by atoms with van der Waals surface area (Å²) in [5.74, 6) is 0. The molecule has 0 spiro atoms. The lowest BCUT2D eigenvalue weighted by atomic mass is 9.78. The number of ether oxygens (including phenoxy) is 1. The number of aliphatic hydroxyl groups is 1. The van der Waals surface area contributed by atoms with Crippen LogP contribution in [0.4, 0.5) is 0 Å². The molecule has 3 heteroatoms. The molecule has 2 aliphatic heterocycles. The van der Waals surface area contributed by atoms with E-state index in [1.807, 2.05) is 6.08 Å². The third-order valence-corrected chi connectivity index (χ3v) is 5.55. The normalized spacial score (nSPS) is 30.2. The van der Waals surface area contributed by atoms with Crippen molar-refractivity contribution in [2.45, 2.75) is 69.2 Å². The standard InChI is InChI=1S/C21H31NO2/c1-2-3-4-5-9-12-21(23)13-19-16-24-17-20(14-21)22(19)15-18-10-7-6-8-11-18/h2,6-8,10-11,19-20,23H,1,3-5,9,12-17H2. The van der Waals surface area contributed by atoms with Gasteiger partial charge < -0.3 is 9.84 Å². The van der Waals surface area contributed by atoms with Crippen LogP contribution in [0.5, 0.6) is 0 Å². The molecule has 132 valence electrons. The highest BCUT2D eigenvalue weighted by molar-refractivity contribution is 5.15. The van der Waals surface area contributed by atoms with Crippen LogP contribution in [-0.4, -0.2) is 40.9 Å². The Labute approximate surface area is 146 Å². The van der Waals surface area contributed by atoms with E-state index in [1.54, 1.807) is 0 Å². The average molecular weight is 329 g/mol. The molecule has 1 N–H and O–H groups in total. The van der Waals surface area contributed by atoms with E-state index in [0.29, 0.717) is 12.1 Å². The number of morpholine rings is 1. The van der Waals surface area contributed by atoms with Gasteiger partial charge in [-0.15, -0.1) is 6.58 Å². The predicted molar refractivity (Wildman–Crippen MR) is 97.8 cm³/mol. The van der Waals surface area contributed by atoms with Crippen LogP contribution in [0.15, 0.2) is 43.0 Å². The van der Waals surface area contributed by atoms with Crippen molar-refractivity contribution in [3.63, 3.8) is 0 Å². The lowest BCUT2D eigenvalue weighted by Crippen LogP contribution is -2.61. The molecule has 2 saturated heterocycles. The molecular weight excluding hydrogens is 298 g/mol. The minimum Gasteiger partial charge on any atom is -0.390 e. The Kier molecular flexibility index (Phi) is 6.09. The Hall–Kier alpha value is -1.16. The van der Waals surface area contributed by atoms with Crippen molar-refractivity contribution in [2.24, 2.45) is 0 Å². The van der Waals surface area contributed by atoms with Gasteiger partial charge in [-0.3, -0.25) is 4.90 Å². The molecule has 0 amide bonds. The van der Waals surface area contributed by atoms with Crippen molar-refractivity contribution in [3.8, 4) is 0 Å². The third-order valence-electron chi connectivity index (χ3n) is 5.55. The molecule has 2 heterocycles. The molecule has 3 nitrogen and oxygen atoms in total. The van der Waals surface area contributed by atoms with E-state index in [9.17, 15) is 5.11 Å². The van der Waals surface area contributed by atoms with E-state index in [4.69, 9.17) is 4.74 Å². The quantitative estimate of drug-likeness (QED) is 0.580. The van der Waals surface area contributed by atoms with Crippen LogP contribution < -0.4 is 0 Å². The van der Waals surface area contributed by atoms with E-state index in [2.05, 4.69) is 41.8 Å². The summed E-state index contributed by atoms with van der Waals surface area (Å²) in [5.41, 5.74) is 0.852. The van der Waals surface area contributed by atoms with E-state index < -0.39 is 5.60 Å². The summed E-state index contributed by atoms with van der Waals surface area (Å²) in [6.07, 6.45) is 9.18. The number of nitrogens with zero attached hydrogens (tertiary/aromatic N) is 1. The average Bonchev–Trinajstić information content (AvgIpc) is 2.57. The zero-order valence-corrected chi connectivity index (χ0v) is 14.7. The van der Waals surface area contributed by atoms with Crippen LogP contribution in [0, 0.1) is 0 Å². The van der Waals surface area contributed by atoms with Crippen molar-refractivity contribution in [2.75, 3.05) is 13.2 Å². The molecule has 2 unspecified atom stereocenters. The van der Waals surface area contributed by atoms with Crippen molar-refractivity contribution < 1.29 is 9.84 Å². The van der Waals surface area contributed by atoms with Crippen LogP contribution in [0.1, 0.15) is 50.5 Å². The van der Waals surface area contributed by atoms with Gasteiger partial charge in [0.25, 0.3) is 0 Å². The zero-order valence-electron chi connectivity index (χ0n) is 14.7. The Morgan fingerprint density at radius 3 is 2.50 bits per heavy atom. The Bertz CT molecular complexity index is 502. The van der Waals surface area contributed by atoms with E-state index >= 15 is 0 Å². The first kappa shape index (κ1) is 17.7. The highest BCUT2D eigenvalue weighted by Crippen LogP contribution is 2.38. The smallest absolute Gasteiger partial charge is 0.0679 e. The van der Waals surface area contributed by atoms with Gasteiger partial charge in [0.05, 0.1) is 18.8 Å². The maximum absolute atomic E-state index is 11.1. The van der Waals surface area contributed by atoms with E-state index in [-0.39, 0.29) is 0 Å². The lowest BCUT2D eigenvalue weighted by Gasteiger charge is -2.52. The largest absolute Gasteiger partial charge is 0.390 e. The molecule has 1 aromatic rings. The topological polar surface area (TPSA) is 32.7 Å². The molecule has 2 aliphatic rings. The minimum absolute atomic E-state index is 0.343. The number of unbranched alkanes of at least 4 members (excludes halogenated alkanes) is 3. The SMILES string of the molecule is C=CCCCCCC1(O)CC2COCC(C1)N2Cc1ccccc1. The van der Waals surface area contributed by atoms with Crippen LogP contribution in [-0.2, 0) is 11.3 Å². The first-order valence-corrected chi connectivity index (χ1v) is 9.41. The zero-order chi connectivity index (χ0) is 16.8. The summed E-state index contributed by atoms with van der Waals surface area (Å²) in [6.45, 7) is 6.25. The van der Waals surface area contributed by atoms with Gasteiger partial charge in [-0.05, 0) is 37.7 Å². The number of rotatable bonds is 8. The number of fused-ring (bicyclic) bond motifs is 2. The molecule has 3 rings (SSSR count). The summed E-state index contributed by atoms with van der Waals surface area (Å²) in [6, 6.07) is 11.3. The second kappa shape index (κ2) is 8.28. The van der Waals surface area contributed by atoms with Gasteiger partial charge in [-0.2, -0.15) is 0 Å². The van der Waals surface area contributed by atoms with Crippen LogP contribution in [0.2, 0.25) is 0 Å². The predicted octanol–water partition coefficient (Wildman–Crippen LogP) is 3.92. The summed E-state index contributed by atoms with van der Waals surface area (Å²) >= 11 is 0. The number of piperidine rings is 1. The number of allylic oxidation sites excluding steroid dienone is 1. The summed E-state index contributed by atoms with van der Waals surface area (Å²) in [7, 11) is 0. The van der Waals surface area contributed by atoms with Gasteiger partial charge in [-0.1, -0.05) is 49.2 Å². The monoisotopic (exact) mass is 329 g/mol. The fraction of sp³-hybridized carbons (Fsp3) is 0.619. The molecule has 24 heavy (non-hydrogen) atoms. The maximum atomic E-state index is 11.1. The number of benzene rings is 1. The fourth-order valence-corrected chi connectivity index (χ4v) is 4.32. The molecule has 2 atom stereocenters. The molecule has 1 aromatic carbocycles. The van der Waals surface area contributed by atoms with Crippen molar-refractivity contribution in [3.05, 3.63) is 48.6 Å². The first-order chi connectivity index (χ1) is 11.7. The molecule has 0 radical (unpaired) electrons. The highest BCUT2D eigenvalue weighted by Gasteiger charge is 2.45. The molecule has 2 fully saturated rings. The minimum atomic E-state index is -0.500. The molecular formula is C21H31NO2. The number of hydrogen-bond donors (Lipinski definition) is 1. The molecule has 0 aromatic heterocycles. The van der Waals surface area contributed by atoms with Gasteiger partial charge in [0.1, 0.15) is 0 Å². The molecule has 0 saturated carbocycles. The first-order valence-electron chi connectivity index (χ1n) is 9.41. The Balaban J connectivity index is 1.57. The van der Waals surface area contributed by atoms with Gasteiger partial charge in [0.15, 0.2) is 0 Å². The van der Waals surface area contributed by atoms with Gasteiger partial charge in [-0.25, -0.2) is 0 Å². The van der Waals surface area contributed by atoms with Crippen LogP contribution in [0.25, 0.3) is 0 Å². The van der Waals surface area contributed by atoms with Gasteiger partial charge in [0.2, 0.25) is 0 Å². The highest BCUT2D eigenvalue weighted by atomic mass is 16.5. The molecule has 0 aliphatic carbocycles. The summed E-state index contributed by atoms with van der Waals surface area (Å²) in [5, 5.41) is 11.1. The van der Waals surface area contributed by atoms with Crippen LogP contribution >= 0.6 is 0 Å². The summed E-state index contributed by atoms with van der Waals surface area (Å²) in [4.78, 5) is 2.56. The summed E-state index contributed by atoms with van der Waals surface area (Å²) < 4.78 is 5.79. The second-order valence-electron chi connectivity index (χ2n) is 7.52. The van der Waals surface area contributed by atoms with Gasteiger partial charge in [0, 0.05) is 18.6 Å². The van der Waals surface area contributed by atoms with Crippen LogP contribution in [0.3, 0.4) is 0 Å². The number of hydrogen-bond acceptors (Lipinski definition) is 3. The Morgan fingerprint density at radius 1 is 1.12 bits per heavy atom. The Morgan fingerprint density at radius 2 is 1.83 bits per heavy atom. The van der Waals surface area contributed by atoms with Crippen molar-refractivity contribution >= 4 is 0 Å². The van der Waals surface area contributed by atoms with Crippen molar-refractivity contribution in [1.29, 1.82) is 0 Å². The third kappa shape index (κ3) is 4.47. The van der Waals surface area contributed by atoms with Gasteiger partial charge >= 0.3 is 0 Å². The van der Waals surface area contributed by atoms with E-state index in [0.717, 1.165) is 51.9 Å². The maximum Gasteiger partial charge on any atom is 0.0679 e. The lowest BCUT2D eigenvalue weighted by molar-refractivity contribution is -0.148. The van der Waals surface area contributed by atoms with Crippen molar-refractivity contribution in [1.82, 2.24) is 4.90 Å². The fourth-order valence-electron chi connectivity index (χ4n) is 4.32. The second-order valence-corrected chi connectivity index (χ2v) is 7.52. The van der Waals surface area contributed by atoms with E-state index in [1.165, 1.54) is 18.4 Å². The molecule has 2 bridgehead atoms.